The van der Waals surface area contributed by atoms with Crippen molar-refractivity contribution in [3.63, 3.8) is 0 Å². The van der Waals surface area contributed by atoms with E-state index in [1.165, 1.54) is 12.8 Å². The molecule has 70 valence electrons. The molecule has 0 aromatic carbocycles. The van der Waals surface area contributed by atoms with Gasteiger partial charge in [-0.2, -0.15) is 0 Å². The summed E-state index contributed by atoms with van der Waals surface area (Å²) in [7, 11) is 0. The van der Waals surface area contributed by atoms with Gasteiger partial charge >= 0.3 is 0 Å². The summed E-state index contributed by atoms with van der Waals surface area (Å²) in [5.74, 6) is 0.365. The Kier molecular flexibility index (Phi) is 1.98. The largest absolute Gasteiger partial charge is 0.342 e. The molecule has 1 aliphatic carbocycles. The first-order valence-electron chi connectivity index (χ1n) is 4.91. The average molecular weight is 177 g/mol. The van der Waals surface area contributed by atoms with Crippen molar-refractivity contribution in [2.45, 2.75) is 32.7 Å². The van der Waals surface area contributed by atoms with Crippen molar-refractivity contribution >= 4 is 5.78 Å². The van der Waals surface area contributed by atoms with E-state index in [0.717, 1.165) is 5.69 Å². The van der Waals surface area contributed by atoms with Gasteiger partial charge in [-0.25, -0.2) is 0 Å². The predicted molar refractivity (Wildman–Crippen MR) is 51.9 cm³/mol. The molecule has 2 rings (SSSR count). The van der Waals surface area contributed by atoms with E-state index >= 15 is 0 Å². The molecule has 0 unspecified atom stereocenters. The van der Waals surface area contributed by atoms with Crippen LogP contribution in [0.1, 0.15) is 43.2 Å². The zero-order valence-electron chi connectivity index (χ0n) is 8.16. The van der Waals surface area contributed by atoms with Gasteiger partial charge in [-0.15, -0.1) is 0 Å². The van der Waals surface area contributed by atoms with Crippen LogP contribution in [0.5, 0.6) is 0 Å². The lowest BCUT2D eigenvalue weighted by atomic mass is 10.1. The smallest absolute Gasteiger partial charge is 0.181 e. The fraction of sp³-hybridized carbons (Fsp3) is 0.545. The van der Waals surface area contributed by atoms with Crippen LogP contribution in [0, 0.1) is 5.92 Å². The summed E-state index contributed by atoms with van der Waals surface area (Å²) in [6.07, 6.45) is 4.48. The Hall–Kier alpha value is -1.05. The van der Waals surface area contributed by atoms with E-state index in [1.807, 2.05) is 32.2 Å². The second-order valence-corrected chi connectivity index (χ2v) is 4.05. The molecule has 1 aromatic rings. The second-order valence-electron chi connectivity index (χ2n) is 4.05. The van der Waals surface area contributed by atoms with Crippen LogP contribution < -0.4 is 0 Å². The normalized spacial score (nSPS) is 16.5. The molecule has 0 saturated heterocycles. The van der Waals surface area contributed by atoms with E-state index in [9.17, 15) is 4.79 Å². The minimum Gasteiger partial charge on any atom is -0.342 e. The molecule has 0 atom stereocenters. The number of hydrogen-bond acceptors (Lipinski definition) is 1. The third-order valence-electron chi connectivity index (χ3n) is 2.50. The van der Waals surface area contributed by atoms with Crippen LogP contribution in [0.3, 0.4) is 0 Å². The Labute approximate surface area is 78.6 Å². The summed E-state index contributed by atoms with van der Waals surface area (Å²) in [5.41, 5.74) is 0.887. The molecular weight excluding hydrogens is 162 g/mol. The van der Waals surface area contributed by atoms with E-state index < -0.39 is 0 Å². The second kappa shape index (κ2) is 3.02. The van der Waals surface area contributed by atoms with Crippen LogP contribution >= 0.6 is 0 Å². The summed E-state index contributed by atoms with van der Waals surface area (Å²) < 4.78 is 2.13. The van der Waals surface area contributed by atoms with Crippen molar-refractivity contribution in [3.05, 3.63) is 24.0 Å². The van der Waals surface area contributed by atoms with Crippen LogP contribution in [0.25, 0.3) is 0 Å². The first-order chi connectivity index (χ1) is 6.20. The van der Waals surface area contributed by atoms with E-state index in [1.54, 1.807) is 0 Å². The van der Waals surface area contributed by atoms with Gasteiger partial charge in [-0.3, -0.25) is 4.79 Å². The molecule has 1 fully saturated rings. The standard InChI is InChI=1S/C11H15NO/c1-8(2)11(13)10-4-3-7-12(10)9-5-6-9/h3-4,7-9H,5-6H2,1-2H3. The quantitative estimate of drug-likeness (QED) is 0.650. The van der Waals surface area contributed by atoms with Gasteiger partial charge in [0.25, 0.3) is 0 Å². The Balaban J connectivity index is 2.28. The zero-order valence-corrected chi connectivity index (χ0v) is 8.16. The highest BCUT2D eigenvalue weighted by Gasteiger charge is 2.27. The van der Waals surface area contributed by atoms with Gasteiger partial charge < -0.3 is 4.57 Å². The maximum atomic E-state index is 11.7. The average Bonchev–Trinajstić information content (AvgIpc) is 2.83. The van der Waals surface area contributed by atoms with E-state index in [4.69, 9.17) is 0 Å². The number of aromatic nitrogens is 1. The minimum atomic E-state index is 0.104. The molecular formula is C11H15NO. The third kappa shape index (κ3) is 1.53. The highest BCUT2D eigenvalue weighted by molar-refractivity contribution is 5.96. The number of ketones is 1. The molecule has 0 N–H and O–H groups in total. The predicted octanol–water partition coefficient (Wildman–Crippen LogP) is 2.66. The van der Waals surface area contributed by atoms with Gasteiger partial charge in [0.15, 0.2) is 5.78 Å². The number of carbonyl (C=O) groups is 1. The Morgan fingerprint density at radius 1 is 1.54 bits per heavy atom. The minimum absolute atomic E-state index is 0.104. The summed E-state index contributed by atoms with van der Waals surface area (Å²) in [4.78, 5) is 11.7. The molecule has 1 aliphatic rings. The van der Waals surface area contributed by atoms with Crippen molar-refractivity contribution in [2.75, 3.05) is 0 Å². The summed E-state index contributed by atoms with van der Waals surface area (Å²) in [6.45, 7) is 3.90. The fourth-order valence-electron chi connectivity index (χ4n) is 1.57. The van der Waals surface area contributed by atoms with Crippen molar-refractivity contribution in [1.29, 1.82) is 0 Å². The van der Waals surface area contributed by atoms with Gasteiger partial charge in [-0.1, -0.05) is 13.8 Å². The van der Waals surface area contributed by atoms with E-state index in [-0.39, 0.29) is 11.7 Å². The summed E-state index contributed by atoms with van der Waals surface area (Å²) >= 11 is 0. The number of carbonyl (C=O) groups excluding carboxylic acids is 1. The molecule has 1 saturated carbocycles. The van der Waals surface area contributed by atoms with Gasteiger partial charge in [0, 0.05) is 18.2 Å². The van der Waals surface area contributed by atoms with E-state index in [2.05, 4.69) is 4.57 Å². The Bertz CT molecular complexity index is 321. The number of hydrogen-bond donors (Lipinski definition) is 0. The number of rotatable bonds is 3. The number of Topliss-reactive ketones (excluding diaryl/α,β-unsaturated/α-hetero) is 1. The van der Waals surface area contributed by atoms with Gasteiger partial charge in [0.05, 0.1) is 5.69 Å². The van der Waals surface area contributed by atoms with Gasteiger partial charge in [0.1, 0.15) is 0 Å². The van der Waals surface area contributed by atoms with Crippen LogP contribution in [-0.4, -0.2) is 10.4 Å². The monoisotopic (exact) mass is 177 g/mol. The molecule has 2 nitrogen and oxygen atoms in total. The maximum Gasteiger partial charge on any atom is 0.181 e. The van der Waals surface area contributed by atoms with Gasteiger partial charge in [-0.05, 0) is 25.0 Å². The summed E-state index contributed by atoms with van der Waals surface area (Å²) in [6, 6.07) is 4.50. The molecule has 2 heteroatoms. The SMILES string of the molecule is CC(C)C(=O)c1cccn1C1CC1. The molecule has 0 radical (unpaired) electrons. The lowest BCUT2D eigenvalue weighted by molar-refractivity contribution is 0.0930. The van der Waals surface area contributed by atoms with Crippen LogP contribution in [-0.2, 0) is 0 Å². The van der Waals surface area contributed by atoms with Crippen molar-refractivity contribution in [3.8, 4) is 0 Å². The van der Waals surface area contributed by atoms with Crippen molar-refractivity contribution in [1.82, 2.24) is 4.57 Å². The fourth-order valence-corrected chi connectivity index (χ4v) is 1.57. The lowest BCUT2D eigenvalue weighted by Crippen LogP contribution is -2.12. The van der Waals surface area contributed by atoms with Crippen LogP contribution in [0.4, 0.5) is 0 Å². The number of nitrogens with zero attached hydrogens (tertiary/aromatic N) is 1. The third-order valence-corrected chi connectivity index (χ3v) is 2.50. The van der Waals surface area contributed by atoms with Gasteiger partial charge in [0.2, 0.25) is 0 Å². The topological polar surface area (TPSA) is 22.0 Å². The molecule has 1 heterocycles. The highest BCUT2D eigenvalue weighted by Crippen LogP contribution is 2.36. The molecule has 1 aromatic heterocycles. The van der Waals surface area contributed by atoms with Crippen LogP contribution in [0.2, 0.25) is 0 Å². The molecule has 0 amide bonds. The first-order valence-corrected chi connectivity index (χ1v) is 4.91. The van der Waals surface area contributed by atoms with Crippen LogP contribution in [0.15, 0.2) is 18.3 Å². The first kappa shape index (κ1) is 8.54. The summed E-state index contributed by atoms with van der Waals surface area (Å²) in [5, 5.41) is 0. The Morgan fingerprint density at radius 3 is 2.77 bits per heavy atom. The molecule has 0 aliphatic heterocycles. The molecule has 13 heavy (non-hydrogen) atoms. The maximum absolute atomic E-state index is 11.7. The van der Waals surface area contributed by atoms with E-state index in [0.29, 0.717) is 6.04 Å². The lowest BCUT2D eigenvalue weighted by Gasteiger charge is -2.08. The van der Waals surface area contributed by atoms with Crippen molar-refractivity contribution < 1.29 is 4.79 Å². The molecule has 0 spiro atoms. The zero-order chi connectivity index (χ0) is 9.42. The van der Waals surface area contributed by atoms with Crippen molar-refractivity contribution in [2.24, 2.45) is 5.92 Å². The Morgan fingerprint density at radius 2 is 2.23 bits per heavy atom. The highest BCUT2D eigenvalue weighted by atomic mass is 16.1. The molecule has 0 bridgehead atoms.